The molecule has 0 saturated carbocycles. The maximum Gasteiger partial charge on any atom is 0.270 e. The Balaban J connectivity index is 1.45. The minimum absolute atomic E-state index is 0.0637. The van der Waals surface area contributed by atoms with Gasteiger partial charge >= 0.3 is 0 Å². The quantitative estimate of drug-likeness (QED) is 0.760. The van der Waals surface area contributed by atoms with Crippen LogP contribution in [0.2, 0.25) is 0 Å². The molecule has 2 N–H and O–H groups in total. The van der Waals surface area contributed by atoms with Gasteiger partial charge in [0.25, 0.3) is 5.91 Å². The topological polar surface area (TPSA) is 64.3 Å². The van der Waals surface area contributed by atoms with E-state index < -0.39 is 0 Å². The average Bonchev–Trinajstić information content (AvgIpc) is 3.12. The predicted octanol–water partition coefficient (Wildman–Crippen LogP) is 2.96. The van der Waals surface area contributed by atoms with Crippen LogP contribution in [0.5, 0.6) is 0 Å². The number of rotatable bonds is 4. The molecule has 1 fully saturated rings. The number of hydrogen-bond donors (Lipinski definition) is 2. The van der Waals surface area contributed by atoms with Gasteiger partial charge in [0.05, 0.1) is 5.69 Å². The molecule has 1 aliphatic heterocycles. The Bertz CT molecular complexity index is 878. The average molecular weight is 349 g/mol. The van der Waals surface area contributed by atoms with Gasteiger partial charge in [-0.2, -0.15) is 0 Å². The lowest BCUT2D eigenvalue weighted by Gasteiger charge is -2.36. The smallest absolute Gasteiger partial charge is 0.270 e. The minimum Gasteiger partial charge on any atom is -0.382 e. The van der Waals surface area contributed by atoms with E-state index in [9.17, 15) is 4.79 Å². The maximum atomic E-state index is 12.8. The fraction of sp³-hybridized carbons (Fsp3) is 0.300. The molecule has 0 unspecified atom stereocenters. The van der Waals surface area contributed by atoms with Crippen molar-refractivity contribution in [2.45, 2.75) is 6.92 Å². The molecule has 6 heteroatoms. The van der Waals surface area contributed by atoms with Crippen molar-refractivity contribution in [3.8, 4) is 0 Å². The molecule has 0 spiro atoms. The summed E-state index contributed by atoms with van der Waals surface area (Å²) >= 11 is 0. The first-order valence-corrected chi connectivity index (χ1v) is 9.07. The number of aromatic nitrogens is 2. The van der Waals surface area contributed by atoms with Crippen LogP contribution in [0.25, 0.3) is 10.9 Å². The van der Waals surface area contributed by atoms with Crippen LogP contribution in [0.4, 0.5) is 11.5 Å². The molecule has 0 bridgehead atoms. The largest absolute Gasteiger partial charge is 0.382 e. The Kier molecular flexibility index (Phi) is 4.48. The number of nitrogens with one attached hydrogen (secondary N) is 2. The monoisotopic (exact) mass is 349 g/mol. The molecule has 3 aromatic rings. The first-order valence-electron chi connectivity index (χ1n) is 9.07. The highest BCUT2D eigenvalue weighted by molar-refractivity contribution is 5.98. The van der Waals surface area contributed by atoms with Gasteiger partial charge in [-0.1, -0.05) is 18.2 Å². The fourth-order valence-corrected chi connectivity index (χ4v) is 3.46. The summed E-state index contributed by atoms with van der Waals surface area (Å²) < 4.78 is 0. The number of pyridine rings is 1. The van der Waals surface area contributed by atoms with Gasteiger partial charge in [-0.25, -0.2) is 4.98 Å². The van der Waals surface area contributed by atoms with Gasteiger partial charge in [0.15, 0.2) is 5.82 Å². The third kappa shape index (κ3) is 3.10. The molecule has 26 heavy (non-hydrogen) atoms. The number of H-pyrrole nitrogens is 1. The summed E-state index contributed by atoms with van der Waals surface area (Å²) in [5.41, 5.74) is 2.70. The molecule has 0 atom stereocenters. The standard InChI is InChI=1S/C20H23N5O/c1-2-21-17-8-5-9-22-19(17)24-10-12-25(13-11-24)20(26)18-14-15-6-3-4-7-16(15)23-18/h3-9,14,21,23H,2,10-13H2,1H3. The zero-order chi connectivity index (χ0) is 17.9. The van der Waals surface area contributed by atoms with E-state index >= 15 is 0 Å². The maximum absolute atomic E-state index is 12.8. The van der Waals surface area contributed by atoms with Crippen molar-refractivity contribution in [1.82, 2.24) is 14.9 Å². The van der Waals surface area contributed by atoms with Crippen molar-refractivity contribution in [2.75, 3.05) is 42.9 Å². The first-order chi connectivity index (χ1) is 12.8. The lowest BCUT2D eigenvalue weighted by Crippen LogP contribution is -2.49. The van der Waals surface area contributed by atoms with E-state index in [1.54, 1.807) is 0 Å². The summed E-state index contributed by atoms with van der Waals surface area (Å²) in [6.45, 7) is 5.88. The Morgan fingerprint density at radius 1 is 1.15 bits per heavy atom. The zero-order valence-electron chi connectivity index (χ0n) is 14.9. The second-order valence-electron chi connectivity index (χ2n) is 6.45. The van der Waals surface area contributed by atoms with E-state index in [2.05, 4.69) is 27.1 Å². The van der Waals surface area contributed by atoms with Crippen molar-refractivity contribution in [1.29, 1.82) is 0 Å². The summed E-state index contributed by atoms with van der Waals surface area (Å²) in [5.74, 6) is 1.03. The van der Waals surface area contributed by atoms with Crippen LogP contribution in [-0.4, -0.2) is 53.5 Å². The zero-order valence-corrected chi connectivity index (χ0v) is 14.9. The number of aromatic amines is 1. The number of carbonyl (C=O) groups is 1. The van der Waals surface area contributed by atoms with Gasteiger partial charge in [-0.3, -0.25) is 4.79 Å². The molecule has 1 aliphatic rings. The molecule has 2 aromatic heterocycles. The SMILES string of the molecule is CCNc1cccnc1N1CCN(C(=O)c2cc3ccccc3[nH]2)CC1. The van der Waals surface area contributed by atoms with Crippen molar-refractivity contribution in [2.24, 2.45) is 0 Å². The number of fused-ring (bicyclic) bond motifs is 1. The predicted molar refractivity (Wildman–Crippen MR) is 105 cm³/mol. The van der Waals surface area contributed by atoms with Crippen LogP contribution in [0, 0.1) is 0 Å². The lowest BCUT2D eigenvalue weighted by molar-refractivity contribution is 0.0741. The summed E-state index contributed by atoms with van der Waals surface area (Å²) in [5, 5.41) is 4.43. The number of nitrogens with zero attached hydrogens (tertiary/aromatic N) is 3. The van der Waals surface area contributed by atoms with Crippen LogP contribution >= 0.6 is 0 Å². The first kappa shape index (κ1) is 16.4. The molecule has 0 radical (unpaired) electrons. The number of hydrogen-bond acceptors (Lipinski definition) is 4. The van der Waals surface area contributed by atoms with Crippen molar-refractivity contribution >= 4 is 28.3 Å². The molecule has 3 heterocycles. The van der Waals surface area contributed by atoms with E-state index in [-0.39, 0.29) is 5.91 Å². The van der Waals surface area contributed by atoms with Crippen LogP contribution in [0.3, 0.4) is 0 Å². The molecule has 0 aliphatic carbocycles. The van der Waals surface area contributed by atoms with Gasteiger partial charge in [0.1, 0.15) is 5.69 Å². The van der Waals surface area contributed by atoms with Crippen LogP contribution in [0.1, 0.15) is 17.4 Å². The van der Waals surface area contributed by atoms with Crippen molar-refractivity contribution in [3.05, 3.63) is 54.4 Å². The molecule has 1 saturated heterocycles. The number of benzene rings is 1. The summed E-state index contributed by atoms with van der Waals surface area (Å²) in [6.07, 6.45) is 1.82. The lowest BCUT2D eigenvalue weighted by atomic mass is 10.2. The van der Waals surface area contributed by atoms with E-state index in [0.717, 1.165) is 42.0 Å². The summed E-state index contributed by atoms with van der Waals surface area (Å²) in [4.78, 5) is 24.8. The summed E-state index contributed by atoms with van der Waals surface area (Å²) in [7, 11) is 0. The molecule has 134 valence electrons. The Morgan fingerprint density at radius 2 is 1.96 bits per heavy atom. The number of anilines is 2. The van der Waals surface area contributed by atoms with Crippen LogP contribution in [-0.2, 0) is 0 Å². The second-order valence-corrected chi connectivity index (χ2v) is 6.45. The molecular weight excluding hydrogens is 326 g/mol. The third-order valence-electron chi connectivity index (χ3n) is 4.78. The Hall–Kier alpha value is -3.02. The van der Waals surface area contributed by atoms with E-state index in [1.807, 2.05) is 53.6 Å². The van der Waals surface area contributed by atoms with Crippen LogP contribution in [0.15, 0.2) is 48.7 Å². The van der Waals surface area contributed by atoms with Gasteiger partial charge in [0.2, 0.25) is 0 Å². The molecule has 1 aromatic carbocycles. The van der Waals surface area contributed by atoms with Crippen molar-refractivity contribution in [3.63, 3.8) is 0 Å². The summed E-state index contributed by atoms with van der Waals surface area (Å²) in [6, 6.07) is 13.9. The normalized spacial score (nSPS) is 14.7. The highest BCUT2D eigenvalue weighted by Crippen LogP contribution is 2.24. The molecule has 1 amide bonds. The van der Waals surface area contributed by atoms with Gasteiger partial charge in [-0.05, 0) is 31.2 Å². The van der Waals surface area contributed by atoms with Gasteiger partial charge in [0, 0.05) is 49.8 Å². The van der Waals surface area contributed by atoms with E-state index in [0.29, 0.717) is 18.8 Å². The van der Waals surface area contributed by atoms with Gasteiger partial charge < -0.3 is 20.1 Å². The number of carbonyl (C=O) groups excluding carboxylic acids is 1. The highest BCUT2D eigenvalue weighted by atomic mass is 16.2. The fourth-order valence-electron chi connectivity index (χ4n) is 3.46. The van der Waals surface area contributed by atoms with E-state index in [4.69, 9.17) is 0 Å². The molecular formula is C20H23N5O. The number of para-hydroxylation sites is 1. The molecule has 6 nitrogen and oxygen atoms in total. The van der Waals surface area contributed by atoms with Crippen molar-refractivity contribution < 1.29 is 4.79 Å². The Labute approximate surface area is 152 Å². The number of piperazine rings is 1. The van der Waals surface area contributed by atoms with Gasteiger partial charge in [-0.15, -0.1) is 0 Å². The highest BCUT2D eigenvalue weighted by Gasteiger charge is 2.24. The van der Waals surface area contributed by atoms with E-state index in [1.165, 1.54) is 0 Å². The molecule has 4 rings (SSSR count). The Morgan fingerprint density at radius 3 is 2.73 bits per heavy atom. The minimum atomic E-state index is 0.0637. The number of amides is 1. The second kappa shape index (κ2) is 7.07. The third-order valence-corrected chi connectivity index (χ3v) is 4.78. The van der Waals surface area contributed by atoms with Crippen LogP contribution < -0.4 is 10.2 Å².